The van der Waals surface area contributed by atoms with E-state index in [-0.39, 0.29) is 17.6 Å². The van der Waals surface area contributed by atoms with Crippen LogP contribution in [-0.4, -0.2) is 27.4 Å². The quantitative estimate of drug-likeness (QED) is 0.543. The molecule has 4 rings (SSSR count). The molecule has 0 aliphatic heterocycles. The lowest BCUT2D eigenvalue weighted by Gasteiger charge is -1.98. The summed E-state index contributed by atoms with van der Waals surface area (Å²) in [6.07, 6.45) is 0.334. The molecular weight excluding hydrogens is 339 g/mol. The fraction of sp³-hybridized carbons (Fsp3) is 0.111. The molecule has 2 heterocycles. The summed E-state index contributed by atoms with van der Waals surface area (Å²) in [4.78, 5) is 8.49. The van der Waals surface area contributed by atoms with E-state index in [1.807, 2.05) is 12.1 Å². The zero-order valence-corrected chi connectivity index (χ0v) is 13.7. The molecule has 0 radical (unpaired) electrons. The summed E-state index contributed by atoms with van der Waals surface area (Å²) >= 11 is 0. The van der Waals surface area contributed by atoms with Crippen LogP contribution in [0.3, 0.4) is 0 Å². The van der Waals surface area contributed by atoms with E-state index in [4.69, 9.17) is 13.8 Å². The van der Waals surface area contributed by atoms with Crippen molar-refractivity contribution in [2.45, 2.75) is 6.42 Å². The van der Waals surface area contributed by atoms with E-state index in [0.29, 0.717) is 18.1 Å². The molecule has 8 heteroatoms. The monoisotopic (exact) mass is 352 g/mol. The zero-order valence-electron chi connectivity index (χ0n) is 13.7. The van der Waals surface area contributed by atoms with Crippen LogP contribution in [0.25, 0.3) is 23.2 Å². The van der Waals surface area contributed by atoms with Crippen LogP contribution in [0.2, 0.25) is 0 Å². The highest BCUT2D eigenvalue weighted by atomic mass is 19.1. The molecule has 7 nitrogen and oxygen atoms in total. The fourth-order valence-electron chi connectivity index (χ4n) is 2.41. The van der Waals surface area contributed by atoms with Gasteiger partial charge in [0.1, 0.15) is 11.6 Å². The van der Waals surface area contributed by atoms with Gasteiger partial charge in [-0.05, 0) is 42.0 Å². The molecule has 0 spiro atoms. The van der Waals surface area contributed by atoms with Crippen molar-refractivity contribution in [3.05, 3.63) is 65.7 Å². The first kappa shape index (κ1) is 15.9. The summed E-state index contributed by atoms with van der Waals surface area (Å²) in [6, 6.07) is 13.4. The minimum atomic E-state index is -0.313. The van der Waals surface area contributed by atoms with E-state index in [9.17, 15) is 4.39 Å². The summed E-state index contributed by atoms with van der Waals surface area (Å²) in [7, 11) is 1.60. The molecular formula is C18H13FN4O3. The summed E-state index contributed by atoms with van der Waals surface area (Å²) < 4.78 is 28.7. The number of nitrogens with zero attached hydrogens (tertiary/aromatic N) is 4. The third-order valence-corrected chi connectivity index (χ3v) is 3.68. The minimum absolute atomic E-state index is 0.115. The predicted octanol–water partition coefficient (Wildman–Crippen LogP) is 3.53. The molecule has 2 aromatic carbocycles. The smallest absolute Gasteiger partial charge is 0.316 e. The molecule has 0 fully saturated rings. The Bertz CT molecular complexity index is 1030. The first-order valence-electron chi connectivity index (χ1n) is 7.77. The first-order valence-corrected chi connectivity index (χ1v) is 7.77. The molecule has 0 aliphatic rings. The molecule has 0 atom stereocenters. The molecule has 4 aromatic rings. The normalized spacial score (nSPS) is 10.8. The van der Waals surface area contributed by atoms with Gasteiger partial charge in [-0.15, -0.1) is 0 Å². The van der Waals surface area contributed by atoms with E-state index >= 15 is 0 Å². The Labute approximate surface area is 147 Å². The van der Waals surface area contributed by atoms with Gasteiger partial charge in [-0.3, -0.25) is 0 Å². The van der Waals surface area contributed by atoms with Crippen molar-refractivity contribution >= 4 is 0 Å². The maximum absolute atomic E-state index is 13.2. The van der Waals surface area contributed by atoms with Gasteiger partial charge in [0.25, 0.3) is 0 Å². The third kappa shape index (κ3) is 3.30. The summed E-state index contributed by atoms with van der Waals surface area (Å²) in [5.41, 5.74) is 1.50. The van der Waals surface area contributed by atoms with Gasteiger partial charge >= 0.3 is 11.8 Å². The van der Waals surface area contributed by atoms with Gasteiger partial charge in [0.15, 0.2) is 5.82 Å². The lowest BCUT2D eigenvalue weighted by Crippen LogP contribution is -1.91. The van der Waals surface area contributed by atoms with Crippen molar-refractivity contribution in [1.82, 2.24) is 20.3 Å². The Morgan fingerprint density at radius 3 is 2.50 bits per heavy atom. The average Bonchev–Trinajstić information content (AvgIpc) is 3.31. The number of benzene rings is 2. The average molecular weight is 352 g/mol. The standard InChI is InChI=1S/C18H13FN4O3/c1-24-14-7-5-12(6-8-14)16-21-18(26-23-16)17-20-15(22-25-17)10-11-3-2-4-13(19)9-11/h2-9H,10H2,1H3. The number of rotatable bonds is 5. The van der Waals surface area contributed by atoms with E-state index in [0.717, 1.165) is 16.9 Å². The topological polar surface area (TPSA) is 87.1 Å². The van der Waals surface area contributed by atoms with Gasteiger partial charge in [0.05, 0.1) is 7.11 Å². The van der Waals surface area contributed by atoms with Crippen molar-refractivity contribution in [1.29, 1.82) is 0 Å². The maximum Gasteiger partial charge on any atom is 0.316 e. The van der Waals surface area contributed by atoms with Crippen LogP contribution in [0.5, 0.6) is 5.75 Å². The predicted molar refractivity (Wildman–Crippen MR) is 88.8 cm³/mol. The van der Waals surface area contributed by atoms with Crippen molar-refractivity contribution < 1.29 is 18.2 Å². The summed E-state index contributed by atoms with van der Waals surface area (Å²) in [5, 5.41) is 7.79. The molecule has 0 N–H and O–H groups in total. The van der Waals surface area contributed by atoms with Gasteiger partial charge in [0.2, 0.25) is 5.82 Å². The minimum Gasteiger partial charge on any atom is -0.497 e. The van der Waals surface area contributed by atoms with Gasteiger partial charge < -0.3 is 13.8 Å². The fourth-order valence-corrected chi connectivity index (χ4v) is 2.41. The number of aromatic nitrogens is 4. The molecule has 0 saturated carbocycles. The highest BCUT2D eigenvalue weighted by molar-refractivity contribution is 5.57. The number of hydrogen-bond acceptors (Lipinski definition) is 7. The molecule has 0 amide bonds. The van der Waals surface area contributed by atoms with Gasteiger partial charge in [-0.2, -0.15) is 9.97 Å². The van der Waals surface area contributed by atoms with Crippen LogP contribution in [0.15, 0.2) is 57.6 Å². The third-order valence-electron chi connectivity index (χ3n) is 3.68. The Morgan fingerprint density at radius 2 is 1.73 bits per heavy atom. The van der Waals surface area contributed by atoms with Gasteiger partial charge in [0, 0.05) is 12.0 Å². The van der Waals surface area contributed by atoms with E-state index in [2.05, 4.69) is 20.3 Å². The molecule has 0 bridgehead atoms. The van der Waals surface area contributed by atoms with Crippen molar-refractivity contribution in [3.8, 4) is 28.9 Å². The van der Waals surface area contributed by atoms with Gasteiger partial charge in [-0.25, -0.2) is 4.39 Å². The Balaban J connectivity index is 1.53. The van der Waals surface area contributed by atoms with Crippen molar-refractivity contribution in [2.24, 2.45) is 0 Å². The Hall–Kier alpha value is -3.55. The molecule has 2 aromatic heterocycles. The van der Waals surface area contributed by atoms with Gasteiger partial charge in [-0.1, -0.05) is 22.4 Å². The first-order chi connectivity index (χ1) is 12.7. The number of halogens is 1. The van der Waals surface area contributed by atoms with Crippen LogP contribution in [0.4, 0.5) is 4.39 Å². The van der Waals surface area contributed by atoms with E-state index in [1.54, 1.807) is 31.4 Å². The van der Waals surface area contributed by atoms with Crippen LogP contribution < -0.4 is 4.74 Å². The lowest BCUT2D eigenvalue weighted by atomic mass is 10.1. The zero-order chi connectivity index (χ0) is 17.9. The largest absolute Gasteiger partial charge is 0.497 e. The van der Waals surface area contributed by atoms with Crippen molar-refractivity contribution in [2.75, 3.05) is 7.11 Å². The molecule has 26 heavy (non-hydrogen) atoms. The number of ether oxygens (including phenoxy) is 1. The highest BCUT2D eigenvalue weighted by Gasteiger charge is 2.17. The molecule has 0 unspecified atom stereocenters. The second-order valence-corrected chi connectivity index (χ2v) is 5.47. The molecule has 0 aliphatic carbocycles. The summed E-state index contributed by atoms with van der Waals surface area (Å²) in [5.74, 6) is 1.45. The lowest BCUT2D eigenvalue weighted by molar-refractivity contribution is 0.380. The summed E-state index contributed by atoms with van der Waals surface area (Å²) in [6.45, 7) is 0. The second-order valence-electron chi connectivity index (χ2n) is 5.47. The van der Waals surface area contributed by atoms with Crippen LogP contribution in [0.1, 0.15) is 11.4 Å². The van der Waals surface area contributed by atoms with Crippen LogP contribution in [-0.2, 0) is 6.42 Å². The molecule has 0 saturated heterocycles. The highest BCUT2D eigenvalue weighted by Crippen LogP contribution is 2.23. The Morgan fingerprint density at radius 1 is 0.962 bits per heavy atom. The SMILES string of the molecule is COc1ccc(-c2noc(-c3nc(Cc4cccc(F)c4)no3)n2)cc1. The maximum atomic E-state index is 13.2. The Kier molecular flexibility index (Phi) is 4.14. The number of methoxy groups -OCH3 is 1. The van der Waals surface area contributed by atoms with E-state index < -0.39 is 0 Å². The number of hydrogen-bond donors (Lipinski definition) is 0. The van der Waals surface area contributed by atoms with Crippen LogP contribution >= 0.6 is 0 Å². The van der Waals surface area contributed by atoms with Crippen molar-refractivity contribution in [3.63, 3.8) is 0 Å². The van der Waals surface area contributed by atoms with Crippen LogP contribution in [0, 0.1) is 5.82 Å². The molecule has 130 valence electrons. The second kappa shape index (κ2) is 6.75. The van der Waals surface area contributed by atoms with E-state index in [1.165, 1.54) is 12.1 Å².